The Labute approximate surface area is 151 Å². The summed E-state index contributed by atoms with van der Waals surface area (Å²) in [6, 6.07) is 6.37. The number of aryl methyl sites for hydroxylation is 1. The minimum absolute atomic E-state index is 0.0244. The molecule has 0 unspecified atom stereocenters. The van der Waals surface area contributed by atoms with E-state index in [-0.39, 0.29) is 9.77 Å². The molecule has 0 saturated carbocycles. The SMILES string of the molecule is Cc1cc(NC(=O)COC(=O)c2csc(S(N)(=O)=O)c2)ccc1Br. The Hall–Kier alpha value is -1.75. The summed E-state index contributed by atoms with van der Waals surface area (Å²) in [7, 11) is -3.87. The van der Waals surface area contributed by atoms with Crippen LogP contribution in [0.5, 0.6) is 0 Å². The molecule has 1 aromatic carbocycles. The molecular formula is C14H13BrN2O5S2. The third-order valence-electron chi connectivity index (χ3n) is 2.87. The van der Waals surface area contributed by atoms with Gasteiger partial charge in [-0.3, -0.25) is 4.79 Å². The van der Waals surface area contributed by atoms with Gasteiger partial charge in [-0.25, -0.2) is 18.4 Å². The van der Waals surface area contributed by atoms with Gasteiger partial charge in [0, 0.05) is 15.5 Å². The molecule has 2 rings (SSSR count). The fraction of sp³-hybridized carbons (Fsp3) is 0.143. The zero-order valence-corrected chi connectivity index (χ0v) is 15.6. The minimum atomic E-state index is -3.87. The highest BCUT2D eigenvalue weighted by Crippen LogP contribution is 2.21. The highest BCUT2D eigenvalue weighted by atomic mass is 79.9. The zero-order chi connectivity index (χ0) is 17.9. The number of amides is 1. The van der Waals surface area contributed by atoms with Crippen LogP contribution in [0.3, 0.4) is 0 Å². The molecule has 0 atom stereocenters. The van der Waals surface area contributed by atoms with Crippen molar-refractivity contribution in [2.45, 2.75) is 11.1 Å². The zero-order valence-electron chi connectivity index (χ0n) is 12.4. The molecule has 0 aliphatic rings. The Morgan fingerprint density at radius 1 is 1.33 bits per heavy atom. The Balaban J connectivity index is 1.92. The number of carbonyl (C=O) groups excluding carboxylic acids is 2. The molecule has 128 valence electrons. The van der Waals surface area contributed by atoms with E-state index in [4.69, 9.17) is 9.88 Å². The Kier molecular flexibility index (Phi) is 5.75. The van der Waals surface area contributed by atoms with Crippen LogP contribution in [-0.2, 0) is 19.6 Å². The molecule has 0 fully saturated rings. The Bertz CT molecular complexity index is 892. The van der Waals surface area contributed by atoms with Crippen LogP contribution >= 0.6 is 27.3 Å². The number of carbonyl (C=O) groups is 2. The van der Waals surface area contributed by atoms with Gasteiger partial charge >= 0.3 is 5.97 Å². The van der Waals surface area contributed by atoms with E-state index in [1.807, 2.05) is 6.92 Å². The number of primary sulfonamides is 1. The van der Waals surface area contributed by atoms with Crippen LogP contribution in [0.25, 0.3) is 0 Å². The quantitative estimate of drug-likeness (QED) is 0.702. The second-order valence-electron chi connectivity index (χ2n) is 4.79. The number of hydrogen-bond acceptors (Lipinski definition) is 6. The number of hydrogen-bond donors (Lipinski definition) is 2. The monoisotopic (exact) mass is 432 g/mol. The van der Waals surface area contributed by atoms with Crippen molar-refractivity contribution in [1.29, 1.82) is 0 Å². The number of rotatable bonds is 5. The smallest absolute Gasteiger partial charge is 0.339 e. The summed E-state index contributed by atoms with van der Waals surface area (Å²) in [5, 5.41) is 8.86. The molecule has 1 amide bonds. The molecule has 2 aromatic rings. The number of nitrogens with one attached hydrogen (secondary N) is 1. The first-order chi connectivity index (χ1) is 11.2. The van der Waals surface area contributed by atoms with Crippen LogP contribution in [0.2, 0.25) is 0 Å². The topological polar surface area (TPSA) is 116 Å². The average molecular weight is 433 g/mol. The van der Waals surface area contributed by atoms with E-state index in [1.54, 1.807) is 18.2 Å². The van der Waals surface area contributed by atoms with Gasteiger partial charge in [0.1, 0.15) is 4.21 Å². The van der Waals surface area contributed by atoms with Crippen molar-refractivity contribution >= 4 is 54.9 Å². The van der Waals surface area contributed by atoms with E-state index in [1.165, 1.54) is 5.38 Å². The van der Waals surface area contributed by atoms with Crippen LogP contribution in [0, 0.1) is 6.92 Å². The molecule has 24 heavy (non-hydrogen) atoms. The summed E-state index contributed by atoms with van der Waals surface area (Å²) in [4.78, 5) is 23.6. The van der Waals surface area contributed by atoms with Crippen molar-refractivity contribution in [1.82, 2.24) is 0 Å². The second-order valence-corrected chi connectivity index (χ2v) is 8.34. The van der Waals surface area contributed by atoms with Gasteiger partial charge in [-0.1, -0.05) is 15.9 Å². The molecule has 0 aliphatic heterocycles. The third-order valence-corrected chi connectivity index (χ3v) is 6.14. The number of halogens is 1. The number of thiophene rings is 1. The van der Waals surface area contributed by atoms with Gasteiger partial charge in [-0.05, 0) is 36.8 Å². The van der Waals surface area contributed by atoms with Crippen molar-refractivity contribution in [3.63, 3.8) is 0 Å². The van der Waals surface area contributed by atoms with Crippen LogP contribution in [0.1, 0.15) is 15.9 Å². The lowest BCUT2D eigenvalue weighted by atomic mass is 10.2. The summed E-state index contributed by atoms with van der Waals surface area (Å²) in [5.41, 5.74) is 1.54. The molecular weight excluding hydrogens is 420 g/mol. The summed E-state index contributed by atoms with van der Waals surface area (Å²) in [5.74, 6) is -1.31. The standard InChI is InChI=1S/C14H13BrN2O5S2/c1-8-4-10(2-3-11(8)15)17-12(18)6-22-14(19)9-5-13(23-7-9)24(16,20)21/h2-5,7H,6H2,1H3,(H,17,18)(H2,16,20,21). The predicted octanol–water partition coefficient (Wildman–Crippen LogP) is 2.26. The first kappa shape index (κ1) is 18.6. The van der Waals surface area contributed by atoms with Gasteiger partial charge < -0.3 is 10.1 Å². The fourth-order valence-corrected chi connectivity index (χ4v) is 3.53. The number of nitrogens with two attached hydrogens (primary N) is 1. The first-order valence-corrected chi connectivity index (χ1v) is 9.73. The summed E-state index contributed by atoms with van der Waals surface area (Å²) in [6.07, 6.45) is 0. The highest BCUT2D eigenvalue weighted by molar-refractivity contribution is 9.10. The van der Waals surface area contributed by atoms with Crippen molar-refractivity contribution in [3.05, 3.63) is 45.2 Å². The molecule has 0 aliphatic carbocycles. The molecule has 0 saturated heterocycles. The number of anilines is 1. The molecule has 7 nitrogen and oxygen atoms in total. The van der Waals surface area contributed by atoms with Gasteiger partial charge in [-0.15, -0.1) is 11.3 Å². The van der Waals surface area contributed by atoms with Crippen molar-refractivity contribution in [3.8, 4) is 0 Å². The van der Waals surface area contributed by atoms with Crippen LogP contribution in [0.15, 0.2) is 38.3 Å². The maximum atomic E-state index is 11.8. The second kappa shape index (κ2) is 7.43. The van der Waals surface area contributed by atoms with E-state index in [9.17, 15) is 18.0 Å². The molecule has 3 N–H and O–H groups in total. The normalized spacial score (nSPS) is 11.1. The van der Waals surface area contributed by atoms with Crippen molar-refractivity contribution in [2.24, 2.45) is 5.14 Å². The Morgan fingerprint density at radius 2 is 2.04 bits per heavy atom. The highest BCUT2D eigenvalue weighted by Gasteiger charge is 2.17. The molecule has 1 aromatic heterocycles. The van der Waals surface area contributed by atoms with Gasteiger partial charge in [0.15, 0.2) is 6.61 Å². The lowest BCUT2D eigenvalue weighted by Crippen LogP contribution is -2.20. The maximum absolute atomic E-state index is 11.8. The predicted molar refractivity (Wildman–Crippen MR) is 93.5 cm³/mol. The number of esters is 1. The van der Waals surface area contributed by atoms with Crippen molar-refractivity contribution < 1.29 is 22.7 Å². The minimum Gasteiger partial charge on any atom is -0.452 e. The molecule has 0 radical (unpaired) electrons. The fourth-order valence-electron chi connectivity index (χ4n) is 1.71. The third kappa shape index (κ3) is 4.87. The van der Waals surface area contributed by atoms with E-state index in [0.717, 1.165) is 27.4 Å². The summed E-state index contributed by atoms with van der Waals surface area (Å²) >= 11 is 4.16. The van der Waals surface area contributed by atoms with E-state index >= 15 is 0 Å². The maximum Gasteiger partial charge on any atom is 0.339 e. The number of benzene rings is 1. The van der Waals surface area contributed by atoms with Gasteiger partial charge in [0.2, 0.25) is 10.0 Å². The van der Waals surface area contributed by atoms with Crippen LogP contribution in [-0.4, -0.2) is 26.9 Å². The van der Waals surface area contributed by atoms with E-state index < -0.39 is 28.5 Å². The van der Waals surface area contributed by atoms with Gasteiger partial charge in [0.25, 0.3) is 5.91 Å². The molecule has 10 heteroatoms. The number of sulfonamides is 1. The van der Waals surface area contributed by atoms with E-state index in [0.29, 0.717) is 5.69 Å². The summed E-state index contributed by atoms with van der Waals surface area (Å²) in [6.45, 7) is 1.38. The Morgan fingerprint density at radius 3 is 2.62 bits per heavy atom. The first-order valence-electron chi connectivity index (χ1n) is 6.51. The largest absolute Gasteiger partial charge is 0.452 e. The molecule has 0 bridgehead atoms. The van der Waals surface area contributed by atoms with E-state index in [2.05, 4.69) is 21.2 Å². The van der Waals surface area contributed by atoms with Gasteiger partial charge in [0.05, 0.1) is 5.56 Å². The lowest BCUT2D eigenvalue weighted by Gasteiger charge is -2.07. The number of ether oxygens (including phenoxy) is 1. The van der Waals surface area contributed by atoms with Crippen LogP contribution < -0.4 is 10.5 Å². The van der Waals surface area contributed by atoms with Crippen LogP contribution in [0.4, 0.5) is 5.69 Å². The lowest BCUT2D eigenvalue weighted by molar-refractivity contribution is -0.119. The van der Waals surface area contributed by atoms with Crippen molar-refractivity contribution in [2.75, 3.05) is 11.9 Å². The van der Waals surface area contributed by atoms with Gasteiger partial charge in [-0.2, -0.15) is 0 Å². The summed E-state index contributed by atoms with van der Waals surface area (Å²) < 4.78 is 27.9. The average Bonchev–Trinajstić information content (AvgIpc) is 2.99. The molecule has 0 spiro atoms. The molecule has 1 heterocycles.